The second kappa shape index (κ2) is 5.90. The molecule has 1 N–H and O–H groups in total. The van der Waals surface area contributed by atoms with Crippen molar-refractivity contribution < 1.29 is 14.7 Å². The number of amides is 1. The van der Waals surface area contributed by atoms with Crippen LogP contribution in [0, 0.1) is 11.8 Å². The molecular weight excluding hydrogens is 244 g/mol. The number of aliphatic carboxylic acids is 1. The number of carbonyl (C=O) groups is 2. The van der Waals surface area contributed by atoms with Crippen LogP contribution < -0.4 is 0 Å². The standard InChI is InChI=1S/C14H24N2O3/c1-10-9-15(2)7-4-8-16(10)13(17)11-5-3-6-12(11)14(18)19/h10-12H,3-9H2,1-2H3,(H,18,19). The molecule has 1 aliphatic carbocycles. The smallest absolute Gasteiger partial charge is 0.307 e. The Bertz CT molecular complexity index is 359. The summed E-state index contributed by atoms with van der Waals surface area (Å²) < 4.78 is 0. The van der Waals surface area contributed by atoms with Crippen LogP contribution in [0.2, 0.25) is 0 Å². The number of carbonyl (C=O) groups excluding carboxylic acids is 1. The van der Waals surface area contributed by atoms with Crippen LogP contribution in [0.3, 0.4) is 0 Å². The van der Waals surface area contributed by atoms with Crippen molar-refractivity contribution in [3.8, 4) is 0 Å². The number of carboxylic acids is 1. The van der Waals surface area contributed by atoms with Gasteiger partial charge in [-0.1, -0.05) is 6.42 Å². The minimum atomic E-state index is -0.810. The zero-order valence-corrected chi connectivity index (χ0v) is 11.8. The fourth-order valence-corrected chi connectivity index (χ4v) is 3.46. The molecule has 108 valence electrons. The number of likely N-dealkylation sites (N-methyl/N-ethyl adjacent to an activating group) is 1. The lowest BCUT2D eigenvalue weighted by atomic mass is 9.94. The van der Waals surface area contributed by atoms with Crippen molar-refractivity contribution in [3.63, 3.8) is 0 Å². The van der Waals surface area contributed by atoms with Crippen molar-refractivity contribution >= 4 is 11.9 Å². The van der Waals surface area contributed by atoms with E-state index in [2.05, 4.69) is 18.9 Å². The van der Waals surface area contributed by atoms with E-state index in [0.717, 1.165) is 38.9 Å². The molecular formula is C14H24N2O3. The highest BCUT2D eigenvalue weighted by Crippen LogP contribution is 2.34. The summed E-state index contributed by atoms with van der Waals surface area (Å²) in [4.78, 5) is 28.0. The SMILES string of the molecule is CC1CN(C)CCCN1C(=O)C1CCCC1C(=O)O. The van der Waals surface area contributed by atoms with Crippen LogP contribution in [0.1, 0.15) is 32.6 Å². The van der Waals surface area contributed by atoms with E-state index in [4.69, 9.17) is 0 Å². The summed E-state index contributed by atoms with van der Waals surface area (Å²) in [6, 6.07) is 0.176. The fourth-order valence-electron chi connectivity index (χ4n) is 3.46. The molecule has 1 amide bonds. The Balaban J connectivity index is 2.07. The van der Waals surface area contributed by atoms with Gasteiger partial charge in [0.2, 0.25) is 5.91 Å². The van der Waals surface area contributed by atoms with E-state index in [9.17, 15) is 14.7 Å². The van der Waals surface area contributed by atoms with Crippen molar-refractivity contribution in [2.75, 3.05) is 26.7 Å². The molecule has 2 aliphatic rings. The van der Waals surface area contributed by atoms with E-state index < -0.39 is 11.9 Å². The molecule has 2 fully saturated rings. The Morgan fingerprint density at radius 3 is 2.47 bits per heavy atom. The Morgan fingerprint density at radius 2 is 1.79 bits per heavy atom. The van der Waals surface area contributed by atoms with E-state index in [1.54, 1.807) is 0 Å². The van der Waals surface area contributed by atoms with Gasteiger partial charge in [-0.15, -0.1) is 0 Å². The maximum atomic E-state index is 12.6. The third kappa shape index (κ3) is 3.08. The van der Waals surface area contributed by atoms with Crippen molar-refractivity contribution in [2.24, 2.45) is 11.8 Å². The van der Waals surface area contributed by atoms with Gasteiger partial charge in [-0.25, -0.2) is 0 Å². The molecule has 0 radical (unpaired) electrons. The quantitative estimate of drug-likeness (QED) is 0.813. The minimum Gasteiger partial charge on any atom is -0.481 e. The van der Waals surface area contributed by atoms with Crippen molar-refractivity contribution in [1.82, 2.24) is 9.80 Å². The molecule has 0 spiro atoms. The van der Waals surface area contributed by atoms with Gasteiger partial charge in [-0.3, -0.25) is 9.59 Å². The van der Waals surface area contributed by atoms with Crippen LogP contribution >= 0.6 is 0 Å². The maximum Gasteiger partial charge on any atom is 0.307 e. The number of rotatable bonds is 2. The summed E-state index contributed by atoms with van der Waals surface area (Å²) in [5.74, 6) is -1.52. The molecule has 0 aromatic carbocycles. The normalized spacial score (nSPS) is 33.2. The largest absolute Gasteiger partial charge is 0.481 e. The zero-order valence-electron chi connectivity index (χ0n) is 11.8. The van der Waals surface area contributed by atoms with Crippen LogP contribution in [-0.2, 0) is 9.59 Å². The van der Waals surface area contributed by atoms with Crippen LogP contribution in [0.15, 0.2) is 0 Å². The van der Waals surface area contributed by atoms with Crippen LogP contribution in [-0.4, -0.2) is 59.5 Å². The predicted octanol–water partition coefficient (Wildman–Crippen LogP) is 1.04. The Hall–Kier alpha value is -1.10. The van der Waals surface area contributed by atoms with Gasteiger partial charge in [0.1, 0.15) is 0 Å². The monoisotopic (exact) mass is 268 g/mol. The van der Waals surface area contributed by atoms with E-state index in [0.29, 0.717) is 6.42 Å². The third-order valence-electron chi connectivity index (χ3n) is 4.48. The van der Waals surface area contributed by atoms with Gasteiger partial charge in [0.15, 0.2) is 0 Å². The molecule has 1 saturated heterocycles. The molecule has 3 atom stereocenters. The van der Waals surface area contributed by atoms with Gasteiger partial charge >= 0.3 is 5.97 Å². The van der Waals surface area contributed by atoms with E-state index in [1.165, 1.54) is 0 Å². The molecule has 5 nitrogen and oxygen atoms in total. The molecule has 0 aromatic rings. The molecule has 2 rings (SSSR count). The van der Waals surface area contributed by atoms with Crippen molar-refractivity contribution in [2.45, 2.75) is 38.6 Å². The Kier molecular flexibility index (Phi) is 4.45. The summed E-state index contributed by atoms with van der Waals surface area (Å²) >= 11 is 0. The summed E-state index contributed by atoms with van der Waals surface area (Å²) in [5, 5.41) is 9.22. The number of hydrogen-bond acceptors (Lipinski definition) is 3. The lowest BCUT2D eigenvalue weighted by molar-refractivity contribution is -0.149. The first-order valence-electron chi connectivity index (χ1n) is 7.22. The zero-order chi connectivity index (χ0) is 14.0. The van der Waals surface area contributed by atoms with Gasteiger partial charge in [0, 0.05) is 19.1 Å². The molecule has 5 heteroatoms. The van der Waals surface area contributed by atoms with Crippen molar-refractivity contribution in [3.05, 3.63) is 0 Å². The second-order valence-electron chi connectivity index (χ2n) is 5.98. The third-order valence-corrected chi connectivity index (χ3v) is 4.48. The molecule has 1 saturated carbocycles. The average molecular weight is 268 g/mol. The molecule has 3 unspecified atom stereocenters. The highest BCUT2D eigenvalue weighted by atomic mass is 16.4. The first-order chi connectivity index (χ1) is 9.00. The fraction of sp³-hybridized carbons (Fsp3) is 0.857. The van der Waals surface area contributed by atoms with Gasteiger partial charge in [-0.05, 0) is 39.8 Å². The van der Waals surface area contributed by atoms with E-state index in [-0.39, 0.29) is 17.9 Å². The van der Waals surface area contributed by atoms with Crippen molar-refractivity contribution in [1.29, 1.82) is 0 Å². The van der Waals surface area contributed by atoms with Gasteiger partial charge in [0.25, 0.3) is 0 Å². The summed E-state index contributed by atoms with van der Waals surface area (Å²) in [5.41, 5.74) is 0. The Labute approximate surface area is 114 Å². The van der Waals surface area contributed by atoms with Crippen LogP contribution in [0.25, 0.3) is 0 Å². The topological polar surface area (TPSA) is 60.9 Å². The van der Waals surface area contributed by atoms with Gasteiger partial charge in [0.05, 0.1) is 11.8 Å². The van der Waals surface area contributed by atoms with E-state index in [1.807, 2.05) is 4.90 Å². The molecule has 0 aromatic heterocycles. The lowest BCUT2D eigenvalue weighted by Crippen LogP contribution is -2.46. The summed E-state index contributed by atoms with van der Waals surface area (Å²) in [6.07, 6.45) is 3.20. The Morgan fingerprint density at radius 1 is 1.11 bits per heavy atom. The number of nitrogens with zero attached hydrogens (tertiary/aromatic N) is 2. The van der Waals surface area contributed by atoms with Crippen LogP contribution in [0.4, 0.5) is 0 Å². The summed E-state index contributed by atoms with van der Waals surface area (Å²) in [7, 11) is 2.07. The summed E-state index contributed by atoms with van der Waals surface area (Å²) in [6.45, 7) is 4.69. The second-order valence-corrected chi connectivity index (χ2v) is 5.98. The number of carboxylic acid groups (broad SMARTS) is 1. The first-order valence-corrected chi connectivity index (χ1v) is 7.22. The first kappa shape index (κ1) is 14.3. The predicted molar refractivity (Wildman–Crippen MR) is 71.8 cm³/mol. The molecule has 1 heterocycles. The molecule has 19 heavy (non-hydrogen) atoms. The minimum absolute atomic E-state index is 0.0627. The lowest BCUT2D eigenvalue weighted by Gasteiger charge is -2.31. The van der Waals surface area contributed by atoms with Crippen LogP contribution in [0.5, 0.6) is 0 Å². The van der Waals surface area contributed by atoms with Gasteiger partial charge in [-0.2, -0.15) is 0 Å². The highest BCUT2D eigenvalue weighted by Gasteiger charge is 2.40. The molecule has 0 bridgehead atoms. The average Bonchev–Trinajstić information content (AvgIpc) is 2.76. The van der Waals surface area contributed by atoms with E-state index >= 15 is 0 Å². The molecule has 1 aliphatic heterocycles. The van der Waals surface area contributed by atoms with Gasteiger partial charge < -0.3 is 14.9 Å². The highest BCUT2D eigenvalue weighted by molar-refractivity contribution is 5.85. The number of hydrogen-bond donors (Lipinski definition) is 1. The maximum absolute atomic E-state index is 12.6.